The fraction of sp³-hybridized carbons (Fsp3) is 0.706. The summed E-state index contributed by atoms with van der Waals surface area (Å²) in [4.78, 5) is 14.8. The van der Waals surface area contributed by atoms with E-state index in [2.05, 4.69) is 23.6 Å². The third kappa shape index (κ3) is 3.67. The maximum Gasteiger partial charge on any atom is 0.261 e. The number of fused-ring (bicyclic) bond motifs is 1. The number of nitrogens with one attached hydrogen (secondary N) is 2. The maximum atomic E-state index is 12.4. The summed E-state index contributed by atoms with van der Waals surface area (Å²) in [5.41, 5.74) is 1.69. The van der Waals surface area contributed by atoms with E-state index in [9.17, 15) is 4.79 Å². The Hall–Kier alpha value is -0.870. The van der Waals surface area contributed by atoms with Gasteiger partial charge in [0.2, 0.25) is 0 Å². The molecule has 0 bridgehead atoms. The van der Waals surface area contributed by atoms with Gasteiger partial charge in [-0.05, 0) is 68.7 Å². The predicted octanol–water partition coefficient (Wildman–Crippen LogP) is 3.14. The van der Waals surface area contributed by atoms with Crippen molar-refractivity contribution in [2.45, 2.75) is 51.9 Å². The highest BCUT2D eigenvalue weighted by Gasteiger charge is 2.27. The van der Waals surface area contributed by atoms with E-state index in [0.29, 0.717) is 0 Å². The van der Waals surface area contributed by atoms with Crippen molar-refractivity contribution in [3.05, 3.63) is 21.4 Å². The number of aryl methyl sites for hydroxylation is 2. The molecular weight excluding hydrogens is 280 g/mol. The molecule has 0 aromatic carbocycles. The summed E-state index contributed by atoms with van der Waals surface area (Å²) in [6, 6.07) is 2.14. The molecule has 116 valence electrons. The SMILES string of the molecule is CC1(CNC(=O)c2cc3c(s2)CCCCC3)CCNCC1. The highest BCUT2D eigenvalue weighted by molar-refractivity contribution is 7.14. The predicted molar refractivity (Wildman–Crippen MR) is 88.1 cm³/mol. The third-order valence-corrected chi connectivity index (χ3v) is 6.19. The molecule has 1 aromatic rings. The Morgan fingerprint density at radius 3 is 2.86 bits per heavy atom. The van der Waals surface area contributed by atoms with Crippen LogP contribution in [-0.2, 0) is 12.8 Å². The van der Waals surface area contributed by atoms with Crippen LogP contribution in [0.2, 0.25) is 0 Å². The summed E-state index contributed by atoms with van der Waals surface area (Å²) in [6.07, 6.45) is 8.49. The van der Waals surface area contributed by atoms with E-state index in [0.717, 1.165) is 50.2 Å². The number of carbonyl (C=O) groups excluding carboxylic acids is 1. The van der Waals surface area contributed by atoms with Crippen LogP contribution in [-0.4, -0.2) is 25.5 Å². The smallest absolute Gasteiger partial charge is 0.261 e. The molecule has 0 spiro atoms. The van der Waals surface area contributed by atoms with E-state index in [1.54, 1.807) is 11.3 Å². The van der Waals surface area contributed by atoms with Gasteiger partial charge in [-0.1, -0.05) is 13.3 Å². The van der Waals surface area contributed by atoms with Gasteiger partial charge in [0, 0.05) is 11.4 Å². The Bertz CT molecular complexity index is 479. The summed E-state index contributed by atoms with van der Waals surface area (Å²) in [7, 11) is 0. The number of carbonyl (C=O) groups is 1. The Morgan fingerprint density at radius 2 is 2.05 bits per heavy atom. The van der Waals surface area contributed by atoms with Gasteiger partial charge in [0.05, 0.1) is 4.88 Å². The average molecular weight is 306 g/mol. The van der Waals surface area contributed by atoms with Crippen LogP contribution < -0.4 is 10.6 Å². The van der Waals surface area contributed by atoms with Crippen molar-refractivity contribution in [1.29, 1.82) is 0 Å². The maximum absolute atomic E-state index is 12.4. The zero-order valence-electron chi connectivity index (χ0n) is 13.0. The monoisotopic (exact) mass is 306 g/mol. The number of thiophene rings is 1. The number of piperidine rings is 1. The lowest BCUT2D eigenvalue weighted by Gasteiger charge is -2.34. The fourth-order valence-corrected chi connectivity index (χ4v) is 4.54. The first-order valence-corrected chi connectivity index (χ1v) is 9.08. The van der Waals surface area contributed by atoms with Crippen molar-refractivity contribution in [3.63, 3.8) is 0 Å². The summed E-state index contributed by atoms with van der Waals surface area (Å²) in [5, 5.41) is 6.57. The molecule has 4 heteroatoms. The molecule has 3 nitrogen and oxygen atoms in total. The Labute approximate surface area is 131 Å². The van der Waals surface area contributed by atoms with E-state index in [1.807, 2.05) is 0 Å². The molecule has 0 unspecified atom stereocenters. The second kappa shape index (κ2) is 6.49. The first-order chi connectivity index (χ1) is 10.2. The molecular formula is C17H26N2OS. The summed E-state index contributed by atoms with van der Waals surface area (Å²) in [5.74, 6) is 0.132. The van der Waals surface area contributed by atoms with Gasteiger partial charge in [0.15, 0.2) is 0 Å². The molecule has 1 aliphatic carbocycles. The lowest BCUT2D eigenvalue weighted by atomic mass is 9.81. The summed E-state index contributed by atoms with van der Waals surface area (Å²) >= 11 is 1.72. The van der Waals surface area contributed by atoms with Crippen molar-refractivity contribution in [2.75, 3.05) is 19.6 Å². The minimum Gasteiger partial charge on any atom is -0.351 e. The van der Waals surface area contributed by atoms with Crippen LogP contribution in [0, 0.1) is 5.41 Å². The average Bonchev–Trinajstić information content (AvgIpc) is 2.77. The molecule has 1 fully saturated rings. The fourth-order valence-electron chi connectivity index (χ4n) is 3.37. The van der Waals surface area contributed by atoms with E-state index >= 15 is 0 Å². The minimum atomic E-state index is 0.132. The summed E-state index contributed by atoms with van der Waals surface area (Å²) in [6.45, 7) is 5.23. The van der Waals surface area contributed by atoms with E-state index in [1.165, 1.54) is 29.7 Å². The van der Waals surface area contributed by atoms with Crippen LogP contribution in [0.25, 0.3) is 0 Å². The van der Waals surface area contributed by atoms with Crippen molar-refractivity contribution in [2.24, 2.45) is 5.41 Å². The third-order valence-electron chi connectivity index (χ3n) is 4.96. The van der Waals surface area contributed by atoms with Gasteiger partial charge in [-0.15, -0.1) is 11.3 Å². The highest BCUT2D eigenvalue weighted by atomic mass is 32.1. The van der Waals surface area contributed by atoms with Crippen LogP contribution in [0.3, 0.4) is 0 Å². The molecule has 0 radical (unpaired) electrons. The normalized spacial score (nSPS) is 21.4. The molecule has 2 aliphatic rings. The van der Waals surface area contributed by atoms with Gasteiger partial charge in [-0.2, -0.15) is 0 Å². The van der Waals surface area contributed by atoms with Gasteiger partial charge in [-0.3, -0.25) is 4.79 Å². The van der Waals surface area contributed by atoms with Gasteiger partial charge in [-0.25, -0.2) is 0 Å². The number of hydrogen-bond donors (Lipinski definition) is 2. The van der Waals surface area contributed by atoms with Crippen LogP contribution in [0.5, 0.6) is 0 Å². The molecule has 1 aliphatic heterocycles. The minimum absolute atomic E-state index is 0.132. The molecule has 1 saturated heterocycles. The lowest BCUT2D eigenvalue weighted by molar-refractivity contribution is 0.0926. The standard InChI is InChI=1S/C17H26N2OS/c1-17(7-9-18-10-8-17)12-19-16(20)15-11-13-5-3-2-4-6-14(13)21-15/h11,18H,2-10,12H2,1H3,(H,19,20). The molecule has 2 N–H and O–H groups in total. The van der Waals surface area contributed by atoms with E-state index in [-0.39, 0.29) is 11.3 Å². The largest absolute Gasteiger partial charge is 0.351 e. The van der Waals surface area contributed by atoms with Gasteiger partial charge in [0.25, 0.3) is 5.91 Å². The van der Waals surface area contributed by atoms with Gasteiger partial charge in [0.1, 0.15) is 0 Å². The zero-order valence-corrected chi connectivity index (χ0v) is 13.8. The van der Waals surface area contributed by atoms with Gasteiger partial charge >= 0.3 is 0 Å². The first kappa shape index (κ1) is 15.0. The van der Waals surface area contributed by atoms with Gasteiger partial charge < -0.3 is 10.6 Å². The number of hydrogen-bond acceptors (Lipinski definition) is 3. The Kier molecular flexibility index (Phi) is 4.65. The lowest BCUT2D eigenvalue weighted by Crippen LogP contribution is -2.42. The Balaban J connectivity index is 1.60. The van der Waals surface area contributed by atoms with Crippen LogP contribution >= 0.6 is 11.3 Å². The number of rotatable bonds is 3. The van der Waals surface area contributed by atoms with Crippen molar-refractivity contribution >= 4 is 17.2 Å². The topological polar surface area (TPSA) is 41.1 Å². The van der Waals surface area contributed by atoms with Crippen LogP contribution in [0.15, 0.2) is 6.07 Å². The molecule has 2 heterocycles. The van der Waals surface area contributed by atoms with Crippen molar-refractivity contribution in [1.82, 2.24) is 10.6 Å². The second-order valence-corrected chi connectivity index (χ2v) is 8.00. The van der Waals surface area contributed by atoms with Crippen molar-refractivity contribution < 1.29 is 4.79 Å². The zero-order chi connectivity index (χ0) is 14.7. The second-order valence-electron chi connectivity index (χ2n) is 6.86. The first-order valence-electron chi connectivity index (χ1n) is 8.27. The number of amides is 1. The quantitative estimate of drug-likeness (QED) is 0.842. The van der Waals surface area contributed by atoms with E-state index < -0.39 is 0 Å². The van der Waals surface area contributed by atoms with Crippen LogP contribution in [0.1, 0.15) is 59.1 Å². The molecule has 1 aromatic heterocycles. The molecule has 1 amide bonds. The molecule has 3 rings (SSSR count). The van der Waals surface area contributed by atoms with E-state index in [4.69, 9.17) is 0 Å². The Morgan fingerprint density at radius 1 is 1.29 bits per heavy atom. The molecule has 21 heavy (non-hydrogen) atoms. The van der Waals surface area contributed by atoms with Crippen LogP contribution in [0.4, 0.5) is 0 Å². The highest BCUT2D eigenvalue weighted by Crippen LogP contribution is 2.30. The summed E-state index contributed by atoms with van der Waals surface area (Å²) < 4.78 is 0. The molecule has 0 saturated carbocycles. The molecule has 0 atom stereocenters. The van der Waals surface area contributed by atoms with Crippen molar-refractivity contribution in [3.8, 4) is 0 Å².